The molecule has 1 amide bonds. The van der Waals surface area contributed by atoms with E-state index in [1.807, 2.05) is 37.9 Å². The molecule has 0 saturated carbocycles. The first-order valence-corrected chi connectivity index (χ1v) is 8.95. The predicted molar refractivity (Wildman–Crippen MR) is 121 cm³/mol. The first-order valence-electron chi connectivity index (χ1n) is 8.95. The van der Waals surface area contributed by atoms with Crippen LogP contribution < -0.4 is 10.6 Å². The number of carbonyl (C=O) groups excluding carboxylic acids is 1. The van der Waals surface area contributed by atoms with Crippen molar-refractivity contribution in [3.05, 3.63) is 59.5 Å². The van der Waals surface area contributed by atoms with Gasteiger partial charge in [-0.1, -0.05) is 18.2 Å². The molecule has 1 aromatic heterocycles. The Labute approximate surface area is 182 Å². The van der Waals surface area contributed by atoms with Gasteiger partial charge in [-0.2, -0.15) is 0 Å². The van der Waals surface area contributed by atoms with E-state index in [1.54, 1.807) is 18.2 Å². The van der Waals surface area contributed by atoms with Crippen LogP contribution in [0.3, 0.4) is 0 Å². The van der Waals surface area contributed by atoms with Gasteiger partial charge < -0.3 is 15.5 Å². The predicted octanol–water partition coefficient (Wildman–Crippen LogP) is 3.57. The van der Waals surface area contributed by atoms with Crippen LogP contribution in [0.25, 0.3) is 0 Å². The monoisotopic (exact) mass is 499 g/mol. The highest BCUT2D eigenvalue weighted by Gasteiger charge is 2.08. The zero-order chi connectivity index (χ0) is 19.6. The molecule has 1 aromatic carbocycles. The van der Waals surface area contributed by atoms with Crippen LogP contribution in [-0.4, -0.2) is 41.9 Å². The number of amides is 1. The van der Waals surface area contributed by atoms with E-state index in [1.165, 1.54) is 12.1 Å². The van der Waals surface area contributed by atoms with Crippen molar-refractivity contribution >= 4 is 41.7 Å². The summed E-state index contributed by atoms with van der Waals surface area (Å²) in [4.78, 5) is 22.8. The van der Waals surface area contributed by atoms with Crippen LogP contribution in [0.15, 0.2) is 47.5 Å². The third-order valence-corrected chi connectivity index (χ3v) is 3.79. The largest absolute Gasteiger partial charge is 0.357 e. The van der Waals surface area contributed by atoms with Crippen LogP contribution in [0.2, 0.25) is 0 Å². The van der Waals surface area contributed by atoms with Crippen LogP contribution >= 0.6 is 24.0 Å². The lowest BCUT2D eigenvalue weighted by Gasteiger charge is -2.22. The molecule has 0 unspecified atom stereocenters. The lowest BCUT2D eigenvalue weighted by Crippen LogP contribution is -2.38. The molecule has 0 fully saturated rings. The number of aryl methyl sites for hydroxylation is 1. The number of benzene rings is 1. The number of carbonyl (C=O) groups is 1. The molecule has 1 heterocycles. The molecule has 2 rings (SSSR count). The minimum Gasteiger partial charge on any atom is -0.357 e. The molecule has 8 heteroatoms. The molecule has 6 nitrogen and oxygen atoms in total. The van der Waals surface area contributed by atoms with Crippen molar-refractivity contribution in [2.75, 3.05) is 25.5 Å². The number of aromatic nitrogens is 1. The second kappa shape index (κ2) is 12.3. The SMILES string of the molecule is CCNC(=NCCC(=O)Nc1cccc(C)n1)N(C)Cc1ccc(F)cc1.I. The van der Waals surface area contributed by atoms with E-state index in [-0.39, 0.29) is 42.1 Å². The molecule has 0 aliphatic carbocycles. The van der Waals surface area contributed by atoms with Gasteiger partial charge >= 0.3 is 0 Å². The third kappa shape index (κ3) is 8.20. The van der Waals surface area contributed by atoms with Gasteiger partial charge in [0.1, 0.15) is 11.6 Å². The molecule has 2 aromatic rings. The van der Waals surface area contributed by atoms with Gasteiger partial charge in [0.25, 0.3) is 0 Å². The number of pyridine rings is 1. The molecular formula is C20H27FIN5O. The highest BCUT2D eigenvalue weighted by molar-refractivity contribution is 14.0. The molecule has 28 heavy (non-hydrogen) atoms. The second-order valence-electron chi connectivity index (χ2n) is 6.18. The Kier molecular flexibility index (Phi) is 10.4. The first kappa shape index (κ1) is 23.8. The Bertz CT molecular complexity index is 782. The normalized spacial score (nSPS) is 10.8. The first-order chi connectivity index (χ1) is 13.0. The highest BCUT2D eigenvalue weighted by Crippen LogP contribution is 2.07. The van der Waals surface area contributed by atoms with E-state index in [0.29, 0.717) is 31.4 Å². The second-order valence-corrected chi connectivity index (χ2v) is 6.18. The molecule has 0 bridgehead atoms. The van der Waals surface area contributed by atoms with E-state index in [0.717, 1.165) is 11.3 Å². The van der Waals surface area contributed by atoms with Gasteiger partial charge in [0.05, 0.1) is 6.54 Å². The van der Waals surface area contributed by atoms with Crippen molar-refractivity contribution in [3.8, 4) is 0 Å². The van der Waals surface area contributed by atoms with Crippen LogP contribution in [0, 0.1) is 12.7 Å². The van der Waals surface area contributed by atoms with E-state index >= 15 is 0 Å². The van der Waals surface area contributed by atoms with Gasteiger partial charge in [0.15, 0.2) is 5.96 Å². The van der Waals surface area contributed by atoms with Gasteiger partial charge in [0, 0.05) is 32.3 Å². The van der Waals surface area contributed by atoms with Crippen LogP contribution in [0.1, 0.15) is 24.6 Å². The fourth-order valence-corrected chi connectivity index (χ4v) is 2.49. The Morgan fingerprint density at radius 1 is 1.21 bits per heavy atom. The molecule has 152 valence electrons. The summed E-state index contributed by atoms with van der Waals surface area (Å²) in [6, 6.07) is 11.9. The minimum absolute atomic E-state index is 0. The summed E-state index contributed by atoms with van der Waals surface area (Å²) in [6.45, 7) is 5.52. The van der Waals surface area contributed by atoms with E-state index in [2.05, 4.69) is 20.6 Å². The molecule has 0 radical (unpaired) electrons. The lowest BCUT2D eigenvalue weighted by atomic mass is 10.2. The van der Waals surface area contributed by atoms with E-state index < -0.39 is 0 Å². The van der Waals surface area contributed by atoms with Crippen molar-refractivity contribution in [3.63, 3.8) is 0 Å². The molecular weight excluding hydrogens is 472 g/mol. The average molecular weight is 499 g/mol. The number of hydrogen-bond donors (Lipinski definition) is 2. The summed E-state index contributed by atoms with van der Waals surface area (Å²) in [5, 5.41) is 5.98. The molecule has 0 spiro atoms. The zero-order valence-electron chi connectivity index (χ0n) is 16.4. The third-order valence-electron chi connectivity index (χ3n) is 3.79. The maximum Gasteiger partial charge on any atom is 0.227 e. The van der Waals surface area contributed by atoms with Crippen molar-refractivity contribution in [1.82, 2.24) is 15.2 Å². The van der Waals surface area contributed by atoms with E-state index in [9.17, 15) is 9.18 Å². The summed E-state index contributed by atoms with van der Waals surface area (Å²) in [5.74, 6) is 0.859. The fourth-order valence-electron chi connectivity index (χ4n) is 2.49. The Balaban J connectivity index is 0.00000392. The topological polar surface area (TPSA) is 69.6 Å². The average Bonchev–Trinajstić information content (AvgIpc) is 2.63. The molecule has 2 N–H and O–H groups in total. The fraction of sp³-hybridized carbons (Fsp3) is 0.350. The van der Waals surface area contributed by atoms with Gasteiger partial charge in [-0.25, -0.2) is 9.37 Å². The number of nitrogens with zero attached hydrogens (tertiary/aromatic N) is 3. The number of halogens is 2. The van der Waals surface area contributed by atoms with Crippen molar-refractivity contribution < 1.29 is 9.18 Å². The van der Waals surface area contributed by atoms with Crippen LogP contribution in [0.4, 0.5) is 10.2 Å². The maximum absolute atomic E-state index is 13.0. The van der Waals surface area contributed by atoms with Crippen LogP contribution in [0.5, 0.6) is 0 Å². The van der Waals surface area contributed by atoms with Gasteiger partial charge in [-0.05, 0) is 43.7 Å². The summed E-state index contributed by atoms with van der Waals surface area (Å²) >= 11 is 0. The standard InChI is InChI=1S/C20H26FN5O.HI/c1-4-22-20(26(3)14-16-8-10-17(21)11-9-16)23-13-12-19(27)25-18-7-5-6-15(2)24-18;/h5-11H,4,12-14H2,1-3H3,(H,22,23)(H,24,25,27);1H. The number of guanidine groups is 1. The summed E-state index contributed by atoms with van der Waals surface area (Å²) in [7, 11) is 1.90. The Morgan fingerprint density at radius 3 is 2.57 bits per heavy atom. The summed E-state index contributed by atoms with van der Waals surface area (Å²) in [6.07, 6.45) is 0.259. The smallest absolute Gasteiger partial charge is 0.227 e. The summed E-state index contributed by atoms with van der Waals surface area (Å²) in [5.41, 5.74) is 1.83. The van der Waals surface area contributed by atoms with Crippen molar-refractivity contribution in [1.29, 1.82) is 0 Å². The quantitative estimate of drug-likeness (QED) is 0.347. The highest BCUT2D eigenvalue weighted by atomic mass is 127. The van der Waals surface area contributed by atoms with Crippen molar-refractivity contribution in [2.24, 2.45) is 4.99 Å². The molecule has 0 atom stereocenters. The number of nitrogens with one attached hydrogen (secondary N) is 2. The number of hydrogen-bond acceptors (Lipinski definition) is 3. The Morgan fingerprint density at radius 2 is 1.93 bits per heavy atom. The van der Waals surface area contributed by atoms with Gasteiger partial charge in [0.2, 0.25) is 5.91 Å². The molecule has 0 aliphatic rings. The zero-order valence-corrected chi connectivity index (χ0v) is 18.7. The molecule has 0 saturated heterocycles. The number of anilines is 1. The Hall–Kier alpha value is -2.23. The van der Waals surface area contributed by atoms with Gasteiger partial charge in [-0.3, -0.25) is 9.79 Å². The summed E-state index contributed by atoms with van der Waals surface area (Å²) < 4.78 is 13.0. The van der Waals surface area contributed by atoms with E-state index in [4.69, 9.17) is 0 Å². The number of aliphatic imine (C=N–C) groups is 1. The minimum atomic E-state index is -0.254. The van der Waals surface area contributed by atoms with Gasteiger partial charge in [-0.15, -0.1) is 24.0 Å². The van der Waals surface area contributed by atoms with Crippen LogP contribution in [-0.2, 0) is 11.3 Å². The number of rotatable bonds is 7. The molecule has 0 aliphatic heterocycles. The van der Waals surface area contributed by atoms with Crippen molar-refractivity contribution in [2.45, 2.75) is 26.8 Å². The maximum atomic E-state index is 13.0. The lowest BCUT2D eigenvalue weighted by molar-refractivity contribution is -0.116.